The molecule has 0 saturated carbocycles. The Kier molecular flexibility index (Phi) is 4.99. The minimum Gasteiger partial charge on any atom is -0.493 e. The minimum absolute atomic E-state index is 0.481. The number of rotatable bonds is 4. The third kappa shape index (κ3) is 3.43. The molecule has 0 amide bonds. The highest BCUT2D eigenvalue weighted by atomic mass is 35.5. The molecule has 0 aliphatic heterocycles. The van der Waals surface area contributed by atoms with Crippen molar-refractivity contribution in [3.63, 3.8) is 0 Å². The molecule has 2 aromatic rings. The quantitative estimate of drug-likeness (QED) is 0.904. The van der Waals surface area contributed by atoms with Gasteiger partial charge in [-0.15, -0.1) is 0 Å². The Bertz CT molecular complexity index is 636. The van der Waals surface area contributed by atoms with Gasteiger partial charge in [0.2, 0.25) is 0 Å². The van der Waals surface area contributed by atoms with Gasteiger partial charge in [0, 0.05) is 10.0 Å². The van der Waals surface area contributed by atoms with Gasteiger partial charge in [0.05, 0.1) is 14.2 Å². The van der Waals surface area contributed by atoms with E-state index in [0.29, 0.717) is 32.7 Å². The Balaban J connectivity index is 2.49. The highest BCUT2D eigenvalue weighted by molar-refractivity contribution is 6.34. The first kappa shape index (κ1) is 16.0. The van der Waals surface area contributed by atoms with Crippen molar-refractivity contribution in [3.8, 4) is 11.5 Å². The maximum absolute atomic E-state index is 10.6. The summed E-state index contributed by atoms with van der Waals surface area (Å²) in [5.74, 6) is 1.18. The van der Waals surface area contributed by atoms with E-state index in [-0.39, 0.29) is 0 Å². The van der Waals surface area contributed by atoms with Crippen LogP contribution in [0.25, 0.3) is 0 Å². The molecule has 0 heterocycles. The fraction of sp³-hybridized carbons (Fsp3) is 0.250. The highest BCUT2D eigenvalue weighted by Gasteiger charge is 2.17. The van der Waals surface area contributed by atoms with E-state index in [1.807, 2.05) is 13.0 Å². The van der Waals surface area contributed by atoms with Gasteiger partial charge in [-0.3, -0.25) is 0 Å². The molecule has 1 unspecified atom stereocenters. The number of aliphatic hydroxyl groups is 1. The van der Waals surface area contributed by atoms with Crippen molar-refractivity contribution in [2.75, 3.05) is 14.2 Å². The maximum Gasteiger partial charge on any atom is 0.161 e. The fourth-order valence-electron chi connectivity index (χ4n) is 2.20. The Morgan fingerprint density at radius 2 is 1.43 bits per heavy atom. The molecule has 0 saturated heterocycles. The van der Waals surface area contributed by atoms with Gasteiger partial charge >= 0.3 is 0 Å². The summed E-state index contributed by atoms with van der Waals surface area (Å²) >= 11 is 12.0. The first-order valence-electron chi connectivity index (χ1n) is 6.33. The molecule has 1 atom stereocenters. The lowest BCUT2D eigenvalue weighted by molar-refractivity contribution is 0.218. The molecular weight excluding hydrogens is 311 g/mol. The van der Waals surface area contributed by atoms with E-state index in [1.165, 1.54) is 0 Å². The highest BCUT2D eigenvalue weighted by Crippen LogP contribution is 2.36. The van der Waals surface area contributed by atoms with Gasteiger partial charge in [-0.25, -0.2) is 0 Å². The lowest BCUT2D eigenvalue weighted by atomic mass is 9.97. The normalized spacial score (nSPS) is 12.1. The van der Waals surface area contributed by atoms with Crippen LogP contribution in [-0.2, 0) is 0 Å². The zero-order chi connectivity index (χ0) is 15.6. The third-order valence-corrected chi connectivity index (χ3v) is 3.70. The average molecular weight is 327 g/mol. The number of hydrogen-bond donors (Lipinski definition) is 1. The molecule has 21 heavy (non-hydrogen) atoms. The van der Waals surface area contributed by atoms with Crippen LogP contribution in [0.5, 0.6) is 11.5 Å². The van der Waals surface area contributed by atoms with Crippen LogP contribution in [0.2, 0.25) is 10.0 Å². The van der Waals surface area contributed by atoms with E-state index < -0.39 is 6.10 Å². The largest absolute Gasteiger partial charge is 0.493 e. The minimum atomic E-state index is -0.846. The first-order chi connectivity index (χ1) is 9.96. The molecule has 0 spiro atoms. The van der Waals surface area contributed by atoms with E-state index >= 15 is 0 Å². The van der Waals surface area contributed by atoms with Crippen molar-refractivity contribution in [2.45, 2.75) is 13.0 Å². The van der Waals surface area contributed by atoms with Gasteiger partial charge < -0.3 is 14.6 Å². The smallest absolute Gasteiger partial charge is 0.161 e. The zero-order valence-electron chi connectivity index (χ0n) is 12.0. The zero-order valence-corrected chi connectivity index (χ0v) is 13.5. The summed E-state index contributed by atoms with van der Waals surface area (Å²) < 4.78 is 10.5. The van der Waals surface area contributed by atoms with Gasteiger partial charge in [-0.05, 0) is 53.9 Å². The van der Waals surface area contributed by atoms with Crippen molar-refractivity contribution in [3.05, 3.63) is 57.1 Å². The number of aryl methyl sites for hydroxylation is 1. The summed E-state index contributed by atoms with van der Waals surface area (Å²) in [6, 6.07) is 8.58. The second-order valence-electron chi connectivity index (χ2n) is 4.67. The van der Waals surface area contributed by atoms with E-state index in [4.69, 9.17) is 32.7 Å². The lowest BCUT2D eigenvalue weighted by Gasteiger charge is -2.18. The Morgan fingerprint density at radius 1 is 0.905 bits per heavy atom. The van der Waals surface area contributed by atoms with Crippen molar-refractivity contribution in [2.24, 2.45) is 0 Å². The summed E-state index contributed by atoms with van der Waals surface area (Å²) in [5.41, 5.74) is 2.23. The monoisotopic (exact) mass is 326 g/mol. The van der Waals surface area contributed by atoms with Crippen LogP contribution in [0.4, 0.5) is 0 Å². The number of halogens is 2. The Hall–Kier alpha value is -1.42. The van der Waals surface area contributed by atoms with Crippen molar-refractivity contribution < 1.29 is 14.6 Å². The standard InChI is InChI=1S/C16H16Cl2O3/c1-9-4-14(20-2)15(21-3)8-13(9)16(19)10-5-11(17)7-12(18)6-10/h4-8,16,19H,1-3H3. The van der Waals surface area contributed by atoms with Crippen LogP contribution >= 0.6 is 23.2 Å². The molecule has 0 fully saturated rings. The SMILES string of the molecule is COc1cc(C)c(C(O)c2cc(Cl)cc(Cl)c2)cc1OC. The second kappa shape index (κ2) is 6.56. The number of hydrogen-bond acceptors (Lipinski definition) is 3. The number of ether oxygens (including phenoxy) is 2. The van der Waals surface area contributed by atoms with E-state index in [1.54, 1.807) is 38.5 Å². The molecule has 112 valence electrons. The van der Waals surface area contributed by atoms with Crippen LogP contribution in [-0.4, -0.2) is 19.3 Å². The van der Waals surface area contributed by atoms with Crippen LogP contribution in [0.3, 0.4) is 0 Å². The molecule has 5 heteroatoms. The van der Waals surface area contributed by atoms with Crippen molar-refractivity contribution in [1.82, 2.24) is 0 Å². The molecule has 0 aliphatic carbocycles. The van der Waals surface area contributed by atoms with E-state index in [9.17, 15) is 5.11 Å². The van der Waals surface area contributed by atoms with E-state index in [0.717, 1.165) is 5.56 Å². The summed E-state index contributed by atoms with van der Waals surface area (Å²) in [4.78, 5) is 0. The number of methoxy groups -OCH3 is 2. The molecule has 0 radical (unpaired) electrons. The van der Waals surface area contributed by atoms with Crippen molar-refractivity contribution in [1.29, 1.82) is 0 Å². The van der Waals surface area contributed by atoms with Gasteiger partial charge in [0.25, 0.3) is 0 Å². The Labute approximate surface area is 134 Å². The summed E-state index contributed by atoms with van der Waals surface area (Å²) in [5, 5.41) is 11.6. The number of benzene rings is 2. The molecule has 0 aliphatic rings. The molecule has 2 aromatic carbocycles. The van der Waals surface area contributed by atoms with Gasteiger partial charge in [-0.2, -0.15) is 0 Å². The average Bonchev–Trinajstić information content (AvgIpc) is 2.45. The van der Waals surface area contributed by atoms with E-state index in [2.05, 4.69) is 0 Å². The molecule has 3 nitrogen and oxygen atoms in total. The first-order valence-corrected chi connectivity index (χ1v) is 7.08. The summed E-state index contributed by atoms with van der Waals surface area (Å²) in [6.45, 7) is 1.90. The predicted octanol–water partition coefficient (Wildman–Crippen LogP) is 4.40. The van der Waals surface area contributed by atoms with Crippen LogP contribution < -0.4 is 9.47 Å². The van der Waals surface area contributed by atoms with Gasteiger partial charge in [0.1, 0.15) is 6.10 Å². The third-order valence-electron chi connectivity index (χ3n) is 3.27. The lowest BCUT2D eigenvalue weighted by Crippen LogP contribution is -2.04. The molecule has 0 bridgehead atoms. The fourth-order valence-corrected chi connectivity index (χ4v) is 2.75. The topological polar surface area (TPSA) is 38.7 Å². The second-order valence-corrected chi connectivity index (χ2v) is 5.54. The van der Waals surface area contributed by atoms with Crippen LogP contribution in [0, 0.1) is 6.92 Å². The van der Waals surface area contributed by atoms with Crippen LogP contribution in [0.1, 0.15) is 22.8 Å². The maximum atomic E-state index is 10.6. The number of aliphatic hydroxyl groups excluding tert-OH is 1. The molecular formula is C16H16Cl2O3. The van der Waals surface area contributed by atoms with Crippen molar-refractivity contribution >= 4 is 23.2 Å². The molecule has 1 N–H and O–H groups in total. The predicted molar refractivity (Wildman–Crippen MR) is 84.8 cm³/mol. The molecule has 2 rings (SSSR count). The summed E-state index contributed by atoms with van der Waals surface area (Å²) in [6.07, 6.45) is -0.846. The Morgan fingerprint density at radius 3 is 1.95 bits per heavy atom. The van der Waals surface area contributed by atoms with Gasteiger partial charge in [0.15, 0.2) is 11.5 Å². The molecule has 0 aromatic heterocycles. The summed E-state index contributed by atoms with van der Waals surface area (Å²) in [7, 11) is 3.13. The van der Waals surface area contributed by atoms with Gasteiger partial charge in [-0.1, -0.05) is 23.2 Å². The van der Waals surface area contributed by atoms with Crippen LogP contribution in [0.15, 0.2) is 30.3 Å².